The van der Waals surface area contributed by atoms with Crippen LogP contribution in [0, 0.1) is 10.1 Å². The van der Waals surface area contributed by atoms with Crippen molar-refractivity contribution >= 4 is 5.97 Å². The fourth-order valence-electron chi connectivity index (χ4n) is 2.13. The number of esters is 1. The number of carbonyl (C=O) groups excluding carboxylic acids is 1. The molecule has 116 valence electrons. The Kier molecular flexibility index (Phi) is 7.21. The van der Waals surface area contributed by atoms with Gasteiger partial charge in [-0.05, 0) is 37.0 Å². The zero-order chi connectivity index (χ0) is 15.7. The van der Waals surface area contributed by atoms with Crippen LogP contribution in [0.4, 0.5) is 0 Å². The van der Waals surface area contributed by atoms with Crippen LogP contribution in [0.3, 0.4) is 0 Å². The van der Waals surface area contributed by atoms with Crippen molar-refractivity contribution in [3.8, 4) is 5.75 Å². The molecule has 0 aliphatic rings. The highest BCUT2D eigenvalue weighted by Gasteiger charge is 2.17. The zero-order valence-corrected chi connectivity index (χ0v) is 12.4. The molecule has 6 heteroatoms. The smallest absolute Gasteiger partial charge is 0.302 e. The van der Waals surface area contributed by atoms with Crippen LogP contribution < -0.4 is 4.74 Å². The predicted octanol–water partition coefficient (Wildman–Crippen LogP) is 2.79. The van der Waals surface area contributed by atoms with E-state index in [0.29, 0.717) is 19.4 Å². The summed E-state index contributed by atoms with van der Waals surface area (Å²) in [5.74, 6) is 0.295. The molecular formula is C15H21NO5. The van der Waals surface area contributed by atoms with Crippen LogP contribution in [0.15, 0.2) is 24.3 Å². The van der Waals surface area contributed by atoms with E-state index in [4.69, 9.17) is 9.47 Å². The summed E-state index contributed by atoms with van der Waals surface area (Å²) in [6.45, 7) is 1.63. The van der Waals surface area contributed by atoms with Crippen LogP contribution in [0.2, 0.25) is 0 Å². The molecule has 0 aliphatic heterocycles. The predicted molar refractivity (Wildman–Crippen MR) is 78.1 cm³/mol. The second-order valence-corrected chi connectivity index (χ2v) is 4.82. The van der Waals surface area contributed by atoms with Crippen molar-refractivity contribution in [2.45, 2.75) is 32.1 Å². The van der Waals surface area contributed by atoms with E-state index in [1.807, 2.05) is 12.1 Å². The van der Waals surface area contributed by atoms with Crippen molar-refractivity contribution in [1.29, 1.82) is 0 Å². The van der Waals surface area contributed by atoms with E-state index in [-0.39, 0.29) is 23.4 Å². The number of ether oxygens (including phenoxy) is 2. The van der Waals surface area contributed by atoms with Gasteiger partial charge in [0.15, 0.2) is 0 Å². The number of hydrogen-bond donors (Lipinski definition) is 0. The molecule has 0 bridgehead atoms. The van der Waals surface area contributed by atoms with Gasteiger partial charge in [0.05, 0.1) is 13.7 Å². The molecule has 21 heavy (non-hydrogen) atoms. The highest BCUT2D eigenvalue weighted by Crippen LogP contribution is 2.24. The van der Waals surface area contributed by atoms with Gasteiger partial charge in [-0.3, -0.25) is 14.9 Å². The maximum atomic E-state index is 10.8. The minimum Gasteiger partial charge on any atom is -0.497 e. The van der Waals surface area contributed by atoms with E-state index < -0.39 is 0 Å². The van der Waals surface area contributed by atoms with E-state index in [0.717, 1.165) is 17.7 Å². The lowest BCUT2D eigenvalue weighted by Crippen LogP contribution is -2.13. The van der Waals surface area contributed by atoms with Crippen molar-refractivity contribution in [1.82, 2.24) is 0 Å². The Morgan fingerprint density at radius 1 is 1.29 bits per heavy atom. The summed E-state index contributed by atoms with van der Waals surface area (Å²) in [6, 6.07) is 7.33. The molecule has 1 rings (SSSR count). The lowest BCUT2D eigenvalue weighted by Gasteiger charge is -2.13. The summed E-state index contributed by atoms with van der Waals surface area (Å²) >= 11 is 0. The number of unbranched alkanes of at least 4 members (excludes halogenated alkanes) is 1. The summed E-state index contributed by atoms with van der Waals surface area (Å²) in [6.07, 6.45) is 2.18. The van der Waals surface area contributed by atoms with E-state index in [1.165, 1.54) is 6.92 Å². The Morgan fingerprint density at radius 3 is 2.48 bits per heavy atom. The van der Waals surface area contributed by atoms with E-state index in [2.05, 4.69) is 0 Å². The first-order valence-corrected chi connectivity index (χ1v) is 6.92. The highest BCUT2D eigenvalue weighted by molar-refractivity contribution is 5.65. The van der Waals surface area contributed by atoms with Gasteiger partial charge in [0.25, 0.3) is 0 Å². The summed E-state index contributed by atoms with van der Waals surface area (Å²) in [5, 5.41) is 10.8. The van der Waals surface area contributed by atoms with Crippen LogP contribution in [0.5, 0.6) is 5.75 Å². The van der Waals surface area contributed by atoms with E-state index >= 15 is 0 Å². The van der Waals surface area contributed by atoms with Crippen LogP contribution >= 0.6 is 0 Å². The van der Waals surface area contributed by atoms with Gasteiger partial charge in [0.1, 0.15) is 5.75 Å². The van der Waals surface area contributed by atoms with Crippen molar-refractivity contribution in [3.63, 3.8) is 0 Å². The summed E-state index contributed by atoms with van der Waals surface area (Å²) in [5.41, 5.74) is 0.931. The minimum atomic E-state index is -0.299. The number of benzene rings is 1. The maximum absolute atomic E-state index is 10.8. The van der Waals surface area contributed by atoms with E-state index in [1.54, 1.807) is 19.2 Å². The monoisotopic (exact) mass is 295 g/mol. The van der Waals surface area contributed by atoms with Crippen LogP contribution in [0.1, 0.15) is 37.7 Å². The van der Waals surface area contributed by atoms with Gasteiger partial charge < -0.3 is 9.47 Å². The molecule has 0 spiro atoms. The average molecular weight is 295 g/mol. The number of carbonyl (C=O) groups is 1. The molecular weight excluding hydrogens is 274 g/mol. The topological polar surface area (TPSA) is 78.7 Å². The number of methoxy groups -OCH3 is 1. The maximum Gasteiger partial charge on any atom is 0.302 e. The van der Waals surface area contributed by atoms with Gasteiger partial charge in [-0.25, -0.2) is 0 Å². The number of rotatable bonds is 9. The number of nitrogens with zero attached hydrogens (tertiary/aromatic N) is 1. The molecule has 6 nitrogen and oxygen atoms in total. The van der Waals surface area contributed by atoms with Crippen LogP contribution in [0.25, 0.3) is 0 Å². The Bertz CT molecular complexity index is 458. The fraction of sp³-hybridized carbons (Fsp3) is 0.533. The molecule has 0 radical (unpaired) electrons. The second kappa shape index (κ2) is 8.94. The first-order chi connectivity index (χ1) is 10.0. The molecule has 0 saturated carbocycles. The molecule has 1 atom stereocenters. The SMILES string of the molecule is COc1ccc([C@H](CCCCOC(C)=O)C[N+](=O)[O-])cc1. The van der Waals surface area contributed by atoms with Crippen LogP contribution in [-0.4, -0.2) is 31.2 Å². The van der Waals surface area contributed by atoms with Gasteiger partial charge in [-0.2, -0.15) is 0 Å². The summed E-state index contributed by atoms with van der Waals surface area (Å²) in [7, 11) is 1.58. The minimum absolute atomic E-state index is 0.0973. The molecule has 0 fully saturated rings. The van der Waals surface area contributed by atoms with Gasteiger partial charge in [0, 0.05) is 17.8 Å². The number of hydrogen-bond acceptors (Lipinski definition) is 5. The Morgan fingerprint density at radius 2 is 1.95 bits per heavy atom. The third-order valence-corrected chi connectivity index (χ3v) is 3.21. The first-order valence-electron chi connectivity index (χ1n) is 6.92. The third kappa shape index (κ3) is 6.74. The molecule has 0 N–H and O–H groups in total. The Balaban J connectivity index is 2.54. The second-order valence-electron chi connectivity index (χ2n) is 4.82. The number of nitro groups is 1. The molecule has 0 unspecified atom stereocenters. The van der Waals surface area contributed by atoms with E-state index in [9.17, 15) is 14.9 Å². The summed E-state index contributed by atoms with van der Waals surface area (Å²) in [4.78, 5) is 21.1. The molecule has 0 amide bonds. The van der Waals surface area contributed by atoms with Gasteiger partial charge in [-0.15, -0.1) is 0 Å². The summed E-state index contributed by atoms with van der Waals surface area (Å²) < 4.78 is 9.93. The largest absolute Gasteiger partial charge is 0.497 e. The average Bonchev–Trinajstić information content (AvgIpc) is 2.45. The highest BCUT2D eigenvalue weighted by atomic mass is 16.6. The van der Waals surface area contributed by atoms with Crippen LogP contribution in [-0.2, 0) is 9.53 Å². The lowest BCUT2D eigenvalue weighted by atomic mass is 9.93. The quantitative estimate of drug-likeness (QED) is 0.303. The molecule has 1 aromatic rings. The van der Waals surface area contributed by atoms with Gasteiger partial charge >= 0.3 is 5.97 Å². The fourth-order valence-corrected chi connectivity index (χ4v) is 2.13. The third-order valence-electron chi connectivity index (χ3n) is 3.21. The Hall–Kier alpha value is -2.11. The molecule has 0 heterocycles. The molecule has 0 aliphatic carbocycles. The Labute approximate surface area is 124 Å². The molecule has 0 saturated heterocycles. The zero-order valence-electron chi connectivity index (χ0n) is 12.4. The van der Waals surface area contributed by atoms with Gasteiger partial charge in [0.2, 0.25) is 6.54 Å². The normalized spacial score (nSPS) is 11.7. The van der Waals surface area contributed by atoms with Crippen molar-refractivity contribution in [2.24, 2.45) is 0 Å². The van der Waals surface area contributed by atoms with Crippen molar-refractivity contribution < 1.29 is 19.2 Å². The molecule has 1 aromatic carbocycles. The lowest BCUT2D eigenvalue weighted by molar-refractivity contribution is -0.483. The van der Waals surface area contributed by atoms with Crippen molar-refractivity contribution in [3.05, 3.63) is 39.9 Å². The standard InChI is InChI=1S/C15H21NO5/c1-12(17)21-10-4-3-5-14(11-16(18)19)13-6-8-15(20-2)9-7-13/h6-9,14H,3-5,10-11H2,1-2H3/t14-/m1/s1. The first kappa shape index (κ1) is 16.9. The molecule has 0 aromatic heterocycles. The van der Waals surface area contributed by atoms with Crippen molar-refractivity contribution in [2.75, 3.05) is 20.3 Å². The van der Waals surface area contributed by atoms with Gasteiger partial charge in [-0.1, -0.05) is 12.1 Å².